The van der Waals surface area contributed by atoms with Gasteiger partial charge in [-0.1, -0.05) is 5.16 Å². The summed E-state index contributed by atoms with van der Waals surface area (Å²) in [6.45, 7) is 3.37. The van der Waals surface area contributed by atoms with E-state index in [2.05, 4.69) is 10.5 Å². The molecule has 1 aromatic heterocycles. The third kappa shape index (κ3) is 3.06. The van der Waals surface area contributed by atoms with Crippen LogP contribution in [0, 0.1) is 6.92 Å². The molecule has 1 rings (SSSR count). The number of carbonyl (C=O) groups excluding carboxylic acids is 1. The summed E-state index contributed by atoms with van der Waals surface area (Å²) in [5.41, 5.74) is 0.543. The van der Waals surface area contributed by atoms with Crippen LogP contribution in [0.15, 0.2) is 10.7 Å². The molecular formula is C10H17N3O2. The van der Waals surface area contributed by atoms with E-state index in [1.54, 1.807) is 18.9 Å². The van der Waals surface area contributed by atoms with Crippen LogP contribution >= 0.6 is 0 Å². The van der Waals surface area contributed by atoms with E-state index in [1.807, 2.05) is 7.05 Å². The zero-order valence-electron chi connectivity index (χ0n) is 9.41. The van der Waals surface area contributed by atoms with Crippen LogP contribution in [0.3, 0.4) is 0 Å². The maximum atomic E-state index is 11.8. The highest BCUT2D eigenvalue weighted by Gasteiger charge is 2.16. The first kappa shape index (κ1) is 11.7. The molecule has 0 aliphatic heterocycles. The SMILES string of the molecule is CNCCCN(C)C(=O)c1cnoc1C. The molecule has 1 aromatic rings. The number of aromatic nitrogens is 1. The van der Waals surface area contributed by atoms with Gasteiger partial charge >= 0.3 is 0 Å². The molecule has 84 valence electrons. The number of aryl methyl sites for hydroxylation is 1. The monoisotopic (exact) mass is 211 g/mol. The number of hydrogen-bond acceptors (Lipinski definition) is 4. The smallest absolute Gasteiger partial charge is 0.258 e. The molecule has 0 saturated carbocycles. The topological polar surface area (TPSA) is 58.4 Å². The van der Waals surface area contributed by atoms with Crippen LogP contribution in [0.2, 0.25) is 0 Å². The molecule has 0 aliphatic carbocycles. The molecule has 0 spiro atoms. The number of nitrogens with zero attached hydrogens (tertiary/aromatic N) is 2. The Balaban J connectivity index is 2.50. The van der Waals surface area contributed by atoms with Crippen molar-refractivity contribution >= 4 is 5.91 Å². The van der Waals surface area contributed by atoms with Crippen molar-refractivity contribution in [2.75, 3.05) is 27.2 Å². The Morgan fingerprint density at radius 2 is 2.40 bits per heavy atom. The van der Waals surface area contributed by atoms with E-state index in [4.69, 9.17) is 4.52 Å². The fraction of sp³-hybridized carbons (Fsp3) is 0.600. The van der Waals surface area contributed by atoms with Crippen molar-refractivity contribution in [3.63, 3.8) is 0 Å². The van der Waals surface area contributed by atoms with Gasteiger partial charge < -0.3 is 14.7 Å². The first-order chi connectivity index (χ1) is 7.16. The van der Waals surface area contributed by atoms with Crippen LogP contribution < -0.4 is 5.32 Å². The van der Waals surface area contributed by atoms with E-state index < -0.39 is 0 Å². The van der Waals surface area contributed by atoms with Crippen molar-refractivity contribution < 1.29 is 9.32 Å². The van der Waals surface area contributed by atoms with Crippen molar-refractivity contribution in [2.24, 2.45) is 0 Å². The van der Waals surface area contributed by atoms with Gasteiger partial charge in [0, 0.05) is 13.6 Å². The first-order valence-corrected chi connectivity index (χ1v) is 4.98. The minimum absolute atomic E-state index is 0.0372. The fourth-order valence-electron chi connectivity index (χ4n) is 1.30. The largest absolute Gasteiger partial charge is 0.361 e. The van der Waals surface area contributed by atoms with Crippen LogP contribution in [-0.4, -0.2) is 43.1 Å². The summed E-state index contributed by atoms with van der Waals surface area (Å²) < 4.78 is 4.85. The standard InChI is InChI=1S/C10H17N3O2/c1-8-9(7-12-15-8)10(14)13(3)6-4-5-11-2/h7,11H,4-6H2,1-3H3. The van der Waals surface area contributed by atoms with E-state index in [1.165, 1.54) is 6.20 Å². The van der Waals surface area contributed by atoms with E-state index in [0.717, 1.165) is 19.5 Å². The van der Waals surface area contributed by atoms with E-state index in [0.29, 0.717) is 11.3 Å². The Morgan fingerprint density at radius 3 is 2.93 bits per heavy atom. The molecule has 1 N–H and O–H groups in total. The molecule has 1 heterocycles. The summed E-state index contributed by atoms with van der Waals surface area (Å²) in [4.78, 5) is 13.5. The second kappa shape index (κ2) is 5.50. The minimum Gasteiger partial charge on any atom is -0.361 e. The second-order valence-corrected chi connectivity index (χ2v) is 3.48. The van der Waals surface area contributed by atoms with Crippen molar-refractivity contribution in [1.29, 1.82) is 0 Å². The Hall–Kier alpha value is -1.36. The molecule has 0 aliphatic rings. The highest BCUT2D eigenvalue weighted by molar-refractivity contribution is 5.94. The van der Waals surface area contributed by atoms with Gasteiger partial charge in [0.05, 0.1) is 6.20 Å². The van der Waals surface area contributed by atoms with Gasteiger partial charge in [0.15, 0.2) is 0 Å². The molecule has 5 heteroatoms. The lowest BCUT2D eigenvalue weighted by Gasteiger charge is -2.15. The van der Waals surface area contributed by atoms with Crippen molar-refractivity contribution in [1.82, 2.24) is 15.4 Å². The predicted molar refractivity (Wildman–Crippen MR) is 56.7 cm³/mol. The van der Waals surface area contributed by atoms with Crippen molar-refractivity contribution in [2.45, 2.75) is 13.3 Å². The summed E-state index contributed by atoms with van der Waals surface area (Å²) in [6.07, 6.45) is 2.40. The van der Waals surface area contributed by atoms with Crippen LogP contribution in [-0.2, 0) is 0 Å². The van der Waals surface area contributed by atoms with Gasteiger partial charge in [-0.25, -0.2) is 0 Å². The third-order valence-corrected chi connectivity index (χ3v) is 2.25. The fourth-order valence-corrected chi connectivity index (χ4v) is 1.30. The average Bonchev–Trinajstić information content (AvgIpc) is 2.63. The predicted octanol–water partition coefficient (Wildman–Crippen LogP) is 0.665. The van der Waals surface area contributed by atoms with Gasteiger partial charge in [-0.2, -0.15) is 0 Å². The second-order valence-electron chi connectivity index (χ2n) is 3.48. The van der Waals surface area contributed by atoms with Gasteiger partial charge in [-0.3, -0.25) is 4.79 Å². The quantitative estimate of drug-likeness (QED) is 0.727. The van der Waals surface area contributed by atoms with Gasteiger partial charge in [0.1, 0.15) is 11.3 Å². The van der Waals surface area contributed by atoms with Gasteiger partial charge in [0.25, 0.3) is 5.91 Å². The lowest BCUT2D eigenvalue weighted by molar-refractivity contribution is 0.0792. The molecule has 0 unspecified atom stereocenters. The van der Waals surface area contributed by atoms with Gasteiger partial charge in [0.2, 0.25) is 0 Å². The minimum atomic E-state index is -0.0372. The van der Waals surface area contributed by atoms with Crippen LogP contribution in [0.4, 0.5) is 0 Å². The van der Waals surface area contributed by atoms with Gasteiger partial charge in [-0.15, -0.1) is 0 Å². The van der Waals surface area contributed by atoms with Crippen molar-refractivity contribution in [3.05, 3.63) is 17.5 Å². The van der Waals surface area contributed by atoms with Crippen LogP contribution in [0.1, 0.15) is 22.5 Å². The zero-order valence-corrected chi connectivity index (χ0v) is 9.41. The number of hydrogen-bond donors (Lipinski definition) is 1. The Morgan fingerprint density at radius 1 is 1.67 bits per heavy atom. The molecular weight excluding hydrogens is 194 g/mol. The Kier molecular flexibility index (Phi) is 4.30. The number of amides is 1. The van der Waals surface area contributed by atoms with E-state index in [9.17, 15) is 4.79 Å². The van der Waals surface area contributed by atoms with Gasteiger partial charge in [-0.05, 0) is 26.9 Å². The molecule has 0 radical (unpaired) electrons. The Labute approximate surface area is 89.4 Å². The molecule has 15 heavy (non-hydrogen) atoms. The normalized spacial score (nSPS) is 10.3. The zero-order chi connectivity index (χ0) is 11.3. The first-order valence-electron chi connectivity index (χ1n) is 4.98. The summed E-state index contributed by atoms with van der Waals surface area (Å²) in [5, 5.41) is 6.63. The van der Waals surface area contributed by atoms with Crippen molar-refractivity contribution in [3.8, 4) is 0 Å². The highest BCUT2D eigenvalue weighted by atomic mass is 16.5. The van der Waals surface area contributed by atoms with E-state index in [-0.39, 0.29) is 5.91 Å². The number of nitrogens with one attached hydrogen (secondary N) is 1. The molecule has 5 nitrogen and oxygen atoms in total. The van der Waals surface area contributed by atoms with Crippen LogP contribution in [0.25, 0.3) is 0 Å². The number of carbonyl (C=O) groups is 1. The Bertz CT molecular complexity index is 322. The molecule has 0 aromatic carbocycles. The molecule has 0 bridgehead atoms. The number of rotatable bonds is 5. The lowest BCUT2D eigenvalue weighted by Crippen LogP contribution is -2.29. The molecule has 0 saturated heterocycles. The third-order valence-electron chi connectivity index (χ3n) is 2.25. The summed E-state index contributed by atoms with van der Waals surface area (Å²) in [7, 11) is 3.68. The summed E-state index contributed by atoms with van der Waals surface area (Å²) >= 11 is 0. The molecule has 1 amide bonds. The molecule has 0 fully saturated rings. The summed E-state index contributed by atoms with van der Waals surface area (Å²) in [5.74, 6) is 0.533. The lowest BCUT2D eigenvalue weighted by atomic mass is 10.2. The van der Waals surface area contributed by atoms with Crippen LogP contribution in [0.5, 0.6) is 0 Å². The van der Waals surface area contributed by atoms with E-state index >= 15 is 0 Å². The maximum Gasteiger partial charge on any atom is 0.258 e. The summed E-state index contributed by atoms with van der Waals surface area (Å²) in [6, 6.07) is 0. The molecule has 0 atom stereocenters. The average molecular weight is 211 g/mol. The highest BCUT2D eigenvalue weighted by Crippen LogP contribution is 2.08. The maximum absolute atomic E-state index is 11.8.